The smallest absolute Gasteiger partial charge is 0.410 e. The fraction of sp³-hybridized carbons (Fsp3) is 0.440. The molecule has 0 radical (unpaired) electrons. The standard InChI is InChI=1S/C21H22N2O6.2C2H6/c1-15-7-12-19(29-20(24)17-8-10-18(11-9-17)23(26)27)13-22(15)21(25)28-14-16-5-3-2-4-6-16;2*1-2/h2-6,8-11,15,19H,7,12-14H2,1H3;2*1-2H3/t15-,19?;;/m1../s1. The van der Waals surface area contributed by atoms with E-state index in [0.29, 0.717) is 12.8 Å². The van der Waals surface area contributed by atoms with E-state index in [9.17, 15) is 19.7 Å². The fourth-order valence-corrected chi connectivity index (χ4v) is 3.17. The Morgan fingerprint density at radius 2 is 1.61 bits per heavy atom. The van der Waals surface area contributed by atoms with Crippen molar-refractivity contribution in [3.63, 3.8) is 0 Å². The molecule has 33 heavy (non-hydrogen) atoms. The number of benzene rings is 2. The van der Waals surface area contributed by atoms with Crippen LogP contribution in [0.1, 0.15) is 63.4 Å². The topological polar surface area (TPSA) is 99.0 Å². The highest BCUT2D eigenvalue weighted by Crippen LogP contribution is 2.22. The molecule has 2 aromatic carbocycles. The Kier molecular flexibility index (Phi) is 12.2. The van der Waals surface area contributed by atoms with Gasteiger partial charge < -0.3 is 14.4 Å². The molecule has 0 aromatic heterocycles. The number of hydrogen-bond donors (Lipinski definition) is 0. The summed E-state index contributed by atoms with van der Waals surface area (Å²) in [6.45, 7) is 10.3. The first-order chi connectivity index (χ1) is 15.9. The molecule has 0 N–H and O–H groups in total. The van der Waals surface area contributed by atoms with Crippen LogP contribution in [0.3, 0.4) is 0 Å². The average Bonchev–Trinajstić information content (AvgIpc) is 2.86. The van der Waals surface area contributed by atoms with Gasteiger partial charge in [0.15, 0.2) is 0 Å². The number of piperidine rings is 1. The second-order valence-electron chi connectivity index (χ2n) is 6.95. The van der Waals surface area contributed by atoms with Crippen molar-refractivity contribution in [1.29, 1.82) is 0 Å². The van der Waals surface area contributed by atoms with Gasteiger partial charge in [-0.2, -0.15) is 0 Å². The van der Waals surface area contributed by atoms with Crippen LogP contribution >= 0.6 is 0 Å². The second kappa shape index (κ2) is 14.6. The highest BCUT2D eigenvalue weighted by atomic mass is 16.6. The number of amides is 1. The Morgan fingerprint density at radius 1 is 1.00 bits per heavy atom. The van der Waals surface area contributed by atoms with Gasteiger partial charge in [0.2, 0.25) is 0 Å². The number of nitro benzene ring substituents is 1. The predicted octanol–water partition coefficient (Wildman–Crippen LogP) is 5.99. The number of likely N-dealkylation sites (tertiary alicyclic amines) is 1. The van der Waals surface area contributed by atoms with Crippen LogP contribution in [0.5, 0.6) is 0 Å². The molecule has 3 rings (SSSR count). The Labute approximate surface area is 195 Å². The van der Waals surface area contributed by atoms with E-state index < -0.39 is 23.1 Å². The van der Waals surface area contributed by atoms with Gasteiger partial charge in [-0.1, -0.05) is 58.0 Å². The SMILES string of the molecule is CC.CC.C[C@@H]1CCC(OC(=O)c2ccc([N+](=O)[O-])cc2)CN1C(=O)OCc1ccccc1. The summed E-state index contributed by atoms with van der Waals surface area (Å²) in [6, 6.07) is 14.6. The molecule has 2 atom stereocenters. The van der Waals surface area contributed by atoms with Crippen LogP contribution in [-0.2, 0) is 16.1 Å². The maximum Gasteiger partial charge on any atom is 0.410 e. The summed E-state index contributed by atoms with van der Waals surface area (Å²) in [7, 11) is 0. The van der Waals surface area contributed by atoms with E-state index in [1.165, 1.54) is 24.3 Å². The largest absolute Gasteiger partial charge is 0.457 e. The molecule has 1 fully saturated rings. The minimum Gasteiger partial charge on any atom is -0.457 e. The summed E-state index contributed by atoms with van der Waals surface area (Å²) < 4.78 is 10.9. The molecule has 1 heterocycles. The number of carbonyl (C=O) groups excluding carboxylic acids is 2. The van der Waals surface area contributed by atoms with Crippen LogP contribution < -0.4 is 0 Å². The van der Waals surface area contributed by atoms with Crippen LogP contribution in [0.25, 0.3) is 0 Å². The number of carbonyl (C=O) groups is 2. The first-order valence-corrected chi connectivity index (χ1v) is 11.4. The van der Waals surface area contributed by atoms with Crippen molar-refractivity contribution in [2.75, 3.05) is 6.54 Å². The molecule has 1 amide bonds. The van der Waals surface area contributed by atoms with Gasteiger partial charge in [-0.3, -0.25) is 10.1 Å². The lowest BCUT2D eigenvalue weighted by Crippen LogP contribution is -2.48. The fourth-order valence-electron chi connectivity index (χ4n) is 3.17. The highest BCUT2D eigenvalue weighted by Gasteiger charge is 2.32. The third-order valence-electron chi connectivity index (χ3n) is 4.87. The van der Waals surface area contributed by atoms with Crippen molar-refractivity contribution in [3.8, 4) is 0 Å². The molecule has 180 valence electrons. The minimum absolute atomic E-state index is 0.0207. The van der Waals surface area contributed by atoms with E-state index in [1.54, 1.807) is 4.90 Å². The van der Waals surface area contributed by atoms with Crippen LogP contribution in [0.15, 0.2) is 54.6 Å². The van der Waals surface area contributed by atoms with E-state index in [2.05, 4.69) is 0 Å². The lowest BCUT2D eigenvalue weighted by molar-refractivity contribution is -0.384. The summed E-state index contributed by atoms with van der Waals surface area (Å²) >= 11 is 0. The molecule has 8 nitrogen and oxygen atoms in total. The molecule has 1 aliphatic heterocycles. The van der Waals surface area contributed by atoms with Gasteiger partial charge in [0.1, 0.15) is 12.7 Å². The Morgan fingerprint density at radius 3 is 2.18 bits per heavy atom. The summed E-state index contributed by atoms with van der Waals surface area (Å²) in [5.74, 6) is -0.572. The highest BCUT2D eigenvalue weighted by molar-refractivity contribution is 5.89. The minimum atomic E-state index is -0.572. The quantitative estimate of drug-likeness (QED) is 0.310. The monoisotopic (exact) mass is 458 g/mol. The maximum absolute atomic E-state index is 12.5. The molecular weight excluding hydrogens is 424 g/mol. The second-order valence-corrected chi connectivity index (χ2v) is 6.95. The zero-order valence-corrected chi connectivity index (χ0v) is 20.0. The molecule has 1 aliphatic rings. The molecular formula is C25H34N2O6. The molecule has 1 saturated heterocycles. The van der Waals surface area contributed by atoms with Crippen molar-refractivity contribution in [2.24, 2.45) is 0 Å². The number of esters is 1. The van der Waals surface area contributed by atoms with Gasteiger partial charge in [-0.05, 0) is 37.5 Å². The number of rotatable bonds is 5. The van der Waals surface area contributed by atoms with Gasteiger partial charge in [0, 0.05) is 18.2 Å². The van der Waals surface area contributed by atoms with Crippen molar-refractivity contribution in [2.45, 2.75) is 66.2 Å². The third-order valence-corrected chi connectivity index (χ3v) is 4.87. The van der Waals surface area contributed by atoms with Crippen molar-refractivity contribution < 1.29 is 24.0 Å². The average molecular weight is 459 g/mol. The van der Waals surface area contributed by atoms with E-state index in [1.807, 2.05) is 65.0 Å². The van der Waals surface area contributed by atoms with Crippen molar-refractivity contribution in [1.82, 2.24) is 4.90 Å². The molecule has 8 heteroatoms. The summed E-state index contributed by atoms with van der Waals surface area (Å²) in [5.41, 5.74) is 1.03. The lowest BCUT2D eigenvalue weighted by atomic mass is 10.0. The zero-order valence-electron chi connectivity index (χ0n) is 20.0. The van der Waals surface area contributed by atoms with Crippen LogP contribution in [0, 0.1) is 10.1 Å². The predicted molar refractivity (Wildman–Crippen MR) is 127 cm³/mol. The van der Waals surface area contributed by atoms with Crippen molar-refractivity contribution >= 4 is 17.7 Å². The third kappa shape index (κ3) is 8.56. The number of non-ortho nitro benzene ring substituents is 1. The van der Waals surface area contributed by atoms with Crippen LogP contribution in [0.4, 0.5) is 10.5 Å². The molecule has 0 spiro atoms. The van der Waals surface area contributed by atoms with Gasteiger partial charge in [-0.15, -0.1) is 0 Å². The number of ether oxygens (including phenoxy) is 2. The maximum atomic E-state index is 12.5. The van der Waals surface area contributed by atoms with Gasteiger partial charge in [0.05, 0.1) is 17.0 Å². The first kappa shape index (κ1) is 27.6. The summed E-state index contributed by atoms with van der Waals surface area (Å²) in [5, 5.41) is 10.7. The Bertz CT molecular complexity index is 870. The summed E-state index contributed by atoms with van der Waals surface area (Å²) in [4.78, 5) is 36.6. The number of hydrogen-bond acceptors (Lipinski definition) is 6. The van der Waals surface area contributed by atoms with Gasteiger partial charge in [-0.25, -0.2) is 9.59 Å². The van der Waals surface area contributed by atoms with E-state index in [-0.39, 0.29) is 30.4 Å². The number of nitro groups is 1. The molecule has 1 unspecified atom stereocenters. The molecule has 0 saturated carbocycles. The van der Waals surface area contributed by atoms with Crippen LogP contribution in [-0.4, -0.2) is 40.6 Å². The summed E-state index contributed by atoms with van der Waals surface area (Å²) in [6.07, 6.45) is 0.400. The molecule has 2 aromatic rings. The van der Waals surface area contributed by atoms with Gasteiger partial charge in [0.25, 0.3) is 5.69 Å². The lowest BCUT2D eigenvalue weighted by Gasteiger charge is -2.36. The number of nitrogens with zero attached hydrogens (tertiary/aromatic N) is 2. The molecule has 0 bridgehead atoms. The van der Waals surface area contributed by atoms with E-state index >= 15 is 0 Å². The Balaban J connectivity index is 0.00000129. The first-order valence-electron chi connectivity index (χ1n) is 11.4. The normalized spacial score (nSPS) is 16.8. The van der Waals surface area contributed by atoms with E-state index in [0.717, 1.165) is 5.56 Å². The molecule has 0 aliphatic carbocycles. The van der Waals surface area contributed by atoms with Gasteiger partial charge >= 0.3 is 12.1 Å². The Hall–Kier alpha value is -3.42. The zero-order chi connectivity index (χ0) is 24.8. The van der Waals surface area contributed by atoms with Crippen LogP contribution in [0.2, 0.25) is 0 Å². The van der Waals surface area contributed by atoms with Crippen molar-refractivity contribution in [3.05, 3.63) is 75.8 Å². The van der Waals surface area contributed by atoms with E-state index in [4.69, 9.17) is 9.47 Å².